The van der Waals surface area contributed by atoms with Crippen molar-refractivity contribution in [2.45, 2.75) is 52.5 Å². The molecule has 0 atom stereocenters. The number of aromatic nitrogens is 1. The maximum Gasteiger partial charge on any atom is 0.242 e. The average molecular weight is 494 g/mol. The van der Waals surface area contributed by atoms with Crippen LogP contribution >= 0.6 is 11.6 Å². The Kier molecular flexibility index (Phi) is 8.50. The van der Waals surface area contributed by atoms with Crippen molar-refractivity contribution in [3.63, 3.8) is 0 Å². The number of carbonyl (C=O) groups excluding carboxylic acids is 2. The highest BCUT2D eigenvalue weighted by Gasteiger charge is 2.30. The van der Waals surface area contributed by atoms with Gasteiger partial charge in [0.25, 0.3) is 0 Å². The lowest BCUT2D eigenvalue weighted by atomic mass is 10.1. The minimum absolute atomic E-state index is 0.00760. The highest BCUT2D eigenvalue weighted by Crippen LogP contribution is 2.27. The molecule has 0 radical (unpaired) electrons. The highest BCUT2D eigenvalue weighted by atomic mass is 35.5. The van der Waals surface area contributed by atoms with Gasteiger partial charge in [-0.1, -0.05) is 68.6 Å². The number of H-pyrrole nitrogens is 1. The van der Waals surface area contributed by atoms with Crippen LogP contribution in [-0.2, 0) is 22.6 Å². The first-order valence-corrected chi connectivity index (χ1v) is 13.1. The first-order valence-electron chi connectivity index (χ1n) is 12.8. The van der Waals surface area contributed by atoms with Crippen molar-refractivity contribution in [1.82, 2.24) is 14.8 Å². The topological polar surface area (TPSA) is 56.4 Å². The van der Waals surface area contributed by atoms with Crippen LogP contribution in [0.3, 0.4) is 0 Å². The Labute approximate surface area is 213 Å². The molecule has 3 aromatic rings. The van der Waals surface area contributed by atoms with E-state index in [0.29, 0.717) is 30.6 Å². The lowest BCUT2D eigenvalue weighted by molar-refractivity contribution is -0.143. The number of benzene rings is 2. The molecular weight excluding hydrogens is 458 g/mol. The Morgan fingerprint density at radius 1 is 1.03 bits per heavy atom. The molecule has 1 heterocycles. The van der Waals surface area contributed by atoms with Gasteiger partial charge in [0, 0.05) is 47.7 Å². The van der Waals surface area contributed by atoms with Gasteiger partial charge in [-0.05, 0) is 54.5 Å². The van der Waals surface area contributed by atoms with Crippen LogP contribution in [0, 0.1) is 11.8 Å². The van der Waals surface area contributed by atoms with E-state index in [4.69, 9.17) is 11.6 Å². The fourth-order valence-corrected chi connectivity index (χ4v) is 5.19. The van der Waals surface area contributed by atoms with Gasteiger partial charge in [0.05, 0.1) is 6.54 Å². The number of aromatic amines is 1. The van der Waals surface area contributed by atoms with Crippen molar-refractivity contribution in [1.29, 1.82) is 0 Å². The van der Waals surface area contributed by atoms with Crippen molar-refractivity contribution in [3.05, 3.63) is 70.9 Å². The van der Waals surface area contributed by atoms with Crippen LogP contribution in [0.1, 0.15) is 50.7 Å². The molecule has 1 saturated carbocycles. The van der Waals surface area contributed by atoms with E-state index >= 15 is 0 Å². The molecule has 1 aliphatic carbocycles. The van der Waals surface area contributed by atoms with E-state index in [0.717, 1.165) is 43.2 Å². The lowest BCUT2D eigenvalue weighted by Crippen LogP contribution is -2.46. The summed E-state index contributed by atoms with van der Waals surface area (Å²) in [5.74, 6) is 0.515. The quantitative estimate of drug-likeness (QED) is 0.372. The van der Waals surface area contributed by atoms with Crippen LogP contribution in [-0.4, -0.2) is 46.2 Å². The summed E-state index contributed by atoms with van der Waals surface area (Å²) in [5.41, 5.74) is 3.32. The number of hydrogen-bond acceptors (Lipinski definition) is 2. The summed E-state index contributed by atoms with van der Waals surface area (Å²) in [5, 5.41) is 1.86. The molecule has 1 aliphatic rings. The number of nitrogens with zero attached hydrogens (tertiary/aromatic N) is 2. The van der Waals surface area contributed by atoms with Crippen LogP contribution in [0.15, 0.2) is 54.7 Å². The van der Waals surface area contributed by atoms with Gasteiger partial charge in [0.1, 0.15) is 0 Å². The summed E-state index contributed by atoms with van der Waals surface area (Å²) in [6.07, 6.45) is 6.86. The van der Waals surface area contributed by atoms with Gasteiger partial charge >= 0.3 is 0 Å². The smallest absolute Gasteiger partial charge is 0.242 e. The Morgan fingerprint density at radius 2 is 1.74 bits per heavy atom. The maximum atomic E-state index is 13.6. The predicted octanol–water partition coefficient (Wildman–Crippen LogP) is 6.07. The first kappa shape index (κ1) is 25.3. The van der Waals surface area contributed by atoms with E-state index in [1.165, 1.54) is 10.9 Å². The second kappa shape index (κ2) is 11.8. The summed E-state index contributed by atoms with van der Waals surface area (Å²) in [4.78, 5) is 33.9. The second-order valence-corrected chi connectivity index (χ2v) is 10.6. The molecule has 0 bridgehead atoms. The SMILES string of the molecule is CC(C)CN(CC(=O)N(CCc1c[nH]c2ccccc12)Cc1ccc(Cl)cc1)C(=O)C1CCCC1. The third-order valence-corrected chi connectivity index (χ3v) is 7.15. The molecule has 0 aliphatic heterocycles. The summed E-state index contributed by atoms with van der Waals surface area (Å²) in [6.45, 7) is 6.01. The van der Waals surface area contributed by atoms with Crippen molar-refractivity contribution in [3.8, 4) is 0 Å². The van der Waals surface area contributed by atoms with Crippen LogP contribution < -0.4 is 0 Å². The first-order chi connectivity index (χ1) is 16.9. The summed E-state index contributed by atoms with van der Waals surface area (Å²) in [6, 6.07) is 15.9. The normalized spacial score (nSPS) is 14.1. The van der Waals surface area contributed by atoms with Crippen molar-refractivity contribution < 1.29 is 9.59 Å². The largest absolute Gasteiger partial charge is 0.361 e. The maximum absolute atomic E-state index is 13.6. The van der Waals surface area contributed by atoms with E-state index in [9.17, 15) is 9.59 Å². The van der Waals surface area contributed by atoms with Crippen LogP contribution in [0.25, 0.3) is 10.9 Å². The van der Waals surface area contributed by atoms with E-state index in [2.05, 4.69) is 31.0 Å². The van der Waals surface area contributed by atoms with Crippen LogP contribution in [0.2, 0.25) is 5.02 Å². The summed E-state index contributed by atoms with van der Waals surface area (Å²) < 4.78 is 0. The minimum atomic E-state index is -0.00760. The molecule has 0 saturated heterocycles. The van der Waals surface area contributed by atoms with Crippen molar-refractivity contribution in [2.75, 3.05) is 19.6 Å². The Morgan fingerprint density at radius 3 is 2.46 bits per heavy atom. The number of rotatable bonds is 10. The zero-order valence-electron chi connectivity index (χ0n) is 20.8. The van der Waals surface area contributed by atoms with Gasteiger partial charge in [0.2, 0.25) is 11.8 Å². The van der Waals surface area contributed by atoms with Crippen LogP contribution in [0.4, 0.5) is 0 Å². The van der Waals surface area contributed by atoms with Crippen molar-refractivity contribution in [2.24, 2.45) is 11.8 Å². The number of fused-ring (bicyclic) bond motifs is 1. The highest BCUT2D eigenvalue weighted by molar-refractivity contribution is 6.30. The molecule has 5 nitrogen and oxygen atoms in total. The third kappa shape index (κ3) is 6.66. The average Bonchev–Trinajstić information content (AvgIpc) is 3.52. The fourth-order valence-electron chi connectivity index (χ4n) is 5.06. The standard InChI is InChI=1S/C29H36ClN3O2/c1-21(2)18-33(29(35)23-7-3-4-8-23)20-28(34)32(19-22-11-13-25(30)14-12-22)16-15-24-17-31-27-10-6-5-9-26(24)27/h5-6,9-14,17,21,23,31H,3-4,7-8,15-16,18-20H2,1-2H3. The van der Waals surface area contributed by atoms with Gasteiger partial charge in [0.15, 0.2) is 0 Å². The zero-order valence-corrected chi connectivity index (χ0v) is 21.6. The minimum Gasteiger partial charge on any atom is -0.361 e. The molecule has 0 spiro atoms. The summed E-state index contributed by atoms with van der Waals surface area (Å²) >= 11 is 6.08. The zero-order chi connectivity index (χ0) is 24.8. The number of carbonyl (C=O) groups is 2. The molecule has 0 unspecified atom stereocenters. The number of para-hydroxylation sites is 1. The Bertz CT molecular complexity index is 1130. The number of amides is 2. The van der Waals surface area contributed by atoms with E-state index < -0.39 is 0 Å². The summed E-state index contributed by atoms with van der Waals surface area (Å²) in [7, 11) is 0. The van der Waals surface area contributed by atoms with Gasteiger partial charge in [-0.25, -0.2) is 0 Å². The monoisotopic (exact) mass is 493 g/mol. The molecule has 6 heteroatoms. The molecular formula is C29H36ClN3O2. The van der Waals surface area contributed by atoms with Crippen LogP contribution in [0.5, 0.6) is 0 Å². The van der Waals surface area contributed by atoms with E-state index in [1.54, 1.807) is 0 Å². The Hall–Kier alpha value is -2.79. The van der Waals surface area contributed by atoms with Gasteiger partial charge in [-0.3, -0.25) is 9.59 Å². The van der Waals surface area contributed by atoms with E-state index in [1.807, 2.05) is 52.4 Å². The lowest BCUT2D eigenvalue weighted by Gasteiger charge is -2.30. The van der Waals surface area contributed by atoms with Gasteiger partial charge in [-0.2, -0.15) is 0 Å². The van der Waals surface area contributed by atoms with Gasteiger partial charge in [-0.15, -0.1) is 0 Å². The molecule has 1 N–H and O–H groups in total. The van der Waals surface area contributed by atoms with E-state index in [-0.39, 0.29) is 24.3 Å². The molecule has 35 heavy (non-hydrogen) atoms. The Balaban J connectivity index is 1.51. The molecule has 2 aromatic carbocycles. The van der Waals surface area contributed by atoms with Gasteiger partial charge < -0.3 is 14.8 Å². The molecule has 186 valence electrons. The number of halogens is 1. The molecule has 4 rings (SSSR count). The van der Waals surface area contributed by atoms with Crippen molar-refractivity contribution >= 4 is 34.3 Å². The molecule has 2 amide bonds. The second-order valence-electron chi connectivity index (χ2n) is 10.1. The number of nitrogens with one attached hydrogen (secondary N) is 1. The fraction of sp³-hybridized carbons (Fsp3) is 0.448. The predicted molar refractivity (Wildman–Crippen MR) is 142 cm³/mol. The molecule has 1 fully saturated rings. The molecule has 1 aromatic heterocycles. The third-order valence-electron chi connectivity index (χ3n) is 6.89. The number of hydrogen-bond donors (Lipinski definition) is 1.